The van der Waals surface area contributed by atoms with Crippen molar-refractivity contribution in [3.05, 3.63) is 22.5 Å². The number of hydrogen-bond acceptors (Lipinski definition) is 6. The Morgan fingerprint density at radius 3 is 2.88 bits per heavy atom. The zero-order valence-corrected chi connectivity index (χ0v) is 10.6. The molecule has 0 N–H and O–H groups in total. The van der Waals surface area contributed by atoms with Crippen molar-refractivity contribution >= 4 is 17.5 Å². The normalized spacial score (nSPS) is 10.5. The van der Waals surface area contributed by atoms with E-state index in [1.54, 1.807) is 6.92 Å². The van der Waals surface area contributed by atoms with Gasteiger partial charge in [0.15, 0.2) is 4.88 Å². The van der Waals surface area contributed by atoms with Crippen LogP contribution in [0.2, 0.25) is 0 Å². The summed E-state index contributed by atoms with van der Waals surface area (Å²) in [6.07, 6.45) is 0. The maximum absolute atomic E-state index is 11.7. The van der Waals surface area contributed by atoms with Crippen LogP contribution in [0.3, 0.4) is 0 Å². The van der Waals surface area contributed by atoms with Crippen LogP contribution < -0.4 is 0 Å². The van der Waals surface area contributed by atoms with Gasteiger partial charge in [-0.2, -0.15) is 0 Å². The quantitative estimate of drug-likeness (QED) is 0.785. The molecule has 2 aromatic heterocycles. The Hall–Kier alpha value is -1.69. The molecule has 6 heteroatoms. The fourth-order valence-electron chi connectivity index (χ4n) is 1.56. The van der Waals surface area contributed by atoms with Gasteiger partial charge < -0.3 is 9.15 Å². The molecule has 17 heavy (non-hydrogen) atoms. The Morgan fingerprint density at radius 1 is 1.53 bits per heavy atom. The molecule has 0 bridgehead atoms. The fourth-order valence-corrected chi connectivity index (χ4v) is 2.14. The number of carbonyl (C=O) groups is 1. The van der Waals surface area contributed by atoms with Crippen molar-refractivity contribution in [2.45, 2.75) is 20.8 Å². The third-order valence-corrected chi connectivity index (χ3v) is 2.95. The van der Waals surface area contributed by atoms with E-state index in [0.29, 0.717) is 17.2 Å². The van der Waals surface area contributed by atoms with E-state index in [1.165, 1.54) is 0 Å². The number of ether oxygens (including phenoxy) is 1. The van der Waals surface area contributed by atoms with Gasteiger partial charge in [-0.15, -0.1) is 5.10 Å². The molecule has 0 unspecified atom stereocenters. The maximum Gasteiger partial charge on any atom is 0.352 e. The van der Waals surface area contributed by atoms with Crippen LogP contribution in [-0.4, -0.2) is 22.2 Å². The van der Waals surface area contributed by atoms with E-state index in [9.17, 15) is 4.79 Å². The highest BCUT2D eigenvalue weighted by molar-refractivity contribution is 7.08. The van der Waals surface area contributed by atoms with E-state index in [1.807, 2.05) is 19.9 Å². The molecule has 0 saturated heterocycles. The lowest BCUT2D eigenvalue weighted by molar-refractivity contribution is 0.0532. The molecule has 0 fully saturated rings. The molecule has 0 spiro atoms. The van der Waals surface area contributed by atoms with Gasteiger partial charge in [-0.05, 0) is 38.4 Å². The van der Waals surface area contributed by atoms with E-state index in [0.717, 1.165) is 28.6 Å². The summed E-state index contributed by atoms with van der Waals surface area (Å²) in [5, 5.41) is 3.97. The molecule has 5 nitrogen and oxygen atoms in total. The fraction of sp³-hybridized carbons (Fsp3) is 0.364. The van der Waals surface area contributed by atoms with E-state index in [-0.39, 0.29) is 0 Å². The molecule has 0 aliphatic carbocycles. The van der Waals surface area contributed by atoms with Crippen LogP contribution in [0.1, 0.15) is 28.1 Å². The van der Waals surface area contributed by atoms with Crippen molar-refractivity contribution in [2.75, 3.05) is 6.61 Å². The van der Waals surface area contributed by atoms with Crippen molar-refractivity contribution in [3.8, 4) is 11.3 Å². The molecular formula is C11H12N2O3S. The molecule has 2 heterocycles. The molecule has 0 aliphatic heterocycles. The van der Waals surface area contributed by atoms with Gasteiger partial charge in [-0.1, -0.05) is 4.49 Å². The Balaban J connectivity index is 2.43. The molecule has 0 aromatic carbocycles. The predicted molar refractivity (Wildman–Crippen MR) is 63.0 cm³/mol. The van der Waals surface area contributed by atoms with E-state index < -0.39 is 5.97 Å². The van der Waals surface area contributed by atoms with Crippen molar-refractivity contribution in [2.24, 2.45) is 0 Å². The number of hydrogen-bond donors (Lipinski definition) is 0. The number of aryl methyl sites for hydroxylation is 2. The molecule has 2 rings (SSSR count). The second-order valence-corrected chi connectivity index (χ2v) is 4.25. The van der Waals surface area contributed by atoms with E-state index in [4.69, 9.17) is 9.15 Å². The Bertz CT molecular complexity index is 545. The van der Waals surface area contributed by atoms with Crippen molar-refractivity contribution < 1.29 is 13.9 Å². The average Bonchev–Trinajstić information content (AvgIpc) is 2.84. The van der Waals surface area contributed by atoms with Crippen molar-refractivity contribution in [3.63, 3.8) is 0 Å². The summed E-state index contributed by atoms with van der Waals surface area (Å²) < 4.78 is 14.2. The van der Waals surface area contributed by atoms with Crippen molar-refractivity contribution in [1.82, 2.24) is 9.59 Å². The third-order valence-electron chi connectivity index (χ3n) is 2.24. The van der Waals surface area contributed by atoms with Crippen LogP contribution in [0.25, 0.3) is 11.3 Å². The summed E-state index contributed by atoms with van der Waals surface area (Å²) in [5.41, 5.74) is 1.32. The van der Waals surface area contributed by atoms with Crippen LogP contribution in [-0.2, 0) is 4.74 Å². The van der Waals surface area contributed by atoms with Gasteiger partial charge in [0.05, 0.1) is 6.61 Å². The maximum atomic E-state index is 11.7. The standard InChI is InChI=1S/C11H12N2O3S/c1-4-15-11(14)10-9(12-13-17-10)8-5-6(2)16-7(8)3/h5H,4H2,1-3H3. The third kappa shape index (κ3) is 2.21. The second-order valence-electron chi connectivity index (χ2n) is 3.50. The Labute approximate surface area is 103 Å². The predicted octanol–water partition coefficient (Wildman–Crippen LogP) is 2.59. The smallest absolute Gasteiger partial charge is 0.352 e. The second kappa shape index (κ2) is 4.67. The lowest BCUT2D eigenvalue weighted by atomic mass is 10.1. The van der Waals surface area contributed by atoms with Crippen molar-refractivity contribution in [1.29, 1.82) is 0 Å². The number of esters is 1. The number of nitrogens with zero attached hydrogens (tertiary/aromatic N) is 2. The molecule has 90 valence electrons. The average molecular weight is 252 g/mol. The van der Waals surface area contributed by atoms with Gasteiger partial charge in [-0.25, -0.2) is 4.79 Å². The summed E-state index contributed by atoms with van der Waals surface area (Å²) in [6.45, 7) is 5.77. The monoisotopic (exact) mass is 252 g/mol. The summed E-state index contributed by atoms with van der Waals surface area (Å²) in [7, 11) is 0. The molecule has 0 atom stereocenters. The van der Waals surface area contributed by atoms with Gasteiger partial charge >= 0.3 is 5.97 Å². The lowest BCUT2D eigenvalue weighted by Gasteiger charge is -1.99. The highest BCUT2D eigenvalue weighted by Crippen LogP contribution is 2.29. The van der Waals surface area contributed by atoms with Gasteiger partial charge in [0.25, 0.3) is 0 Å². The first-order valence-corrected chi connectivity index (χ1v) is 5.97. The van der Waals surface area contributed by atoms with Crippen LogP contribution in [0, 0.1) is 13.8 Å². The topological polar surface area (TPSA) is 65.2 Å². The first kappa shape index (κ1) is 11.8. The van der Waals surface area contributed by atoms with Crippen LogP contribution in [0.4, 0.5) is 0 Å². The van der Waals surface area contributed by atoms with Gasteiger partial charge in [0.2, 0.25) is 0 Å². The Kier molecular flexibility index (Phi) is 3.23. The highest BCUT2D eigenvalue weighted by Gasteiger charge is 2.21. The summed E-state index contributed by atoms with van der Waals surface area (Å²) in [6, 6.07) is 1.84. The summed E-state index contributed by atoms with van der Waals surface area (Å²) >= 11 is 1.03. The molecule has 0 amide bonds. The summed E-state index contributed by atoms with van der Waals surface area (Å²) in [4.78, 5) is 12.1. The number of carbonyl (C=O) groups excluding carboxylic acids is 1. The largest absolute Gasteiger partial charge is 0.466 e. The van der Waals surface area contributed by atoms with Gasteiger partial charge in [-0.3, -0.25) is 0 Å². The SMILES string of the molecule is CCOC(=O)c1snnc1-c1cc(C)oc1C. The lowest BCUT2D eigenvalue weighted by Crippen LogP contribution is -2.04. The molecule has 0 aliphatic rings. The van der Waals surface area contributed by atoms with E-state index >= 15 is 0 Å². The highest BCUT2D eigenvalue weighted by atomic mass is 32.1. The first-order valence-electron chi connectivity index (χ1n) is 5.20. The summed E-state index contributed by atoms with van der Waals surface area (Å²) in [5.74, 6) is 1.11. The molecule has 2 aromatic rings. The van der Waals surface area contributed by atoms with Gasteiger partial charge in [0.1, 0.15) is 17.2 Å². The Morgan fingerprint density at radius 2 is 2.29 bits per heavy atom. The van der Waals surface area contributed by atoms with Crippen LogP contribution >= 0.6 is 11.5 Å². The van der Waals surface area contributed by atoms with E-state index in [2.05, 4.69) is 9.59 Å². The van der Waals surface area contributed by atoms with Crippen LogP contribution in [0.15, 0.2) is 10.5 Å². The molecule has 0 radical (unpaired) electrons. The zero-order chi connectivity index (χ0) is 12.4. The van der Waals surface area contributed by atoms with Gasteiger partial charge in [0, 0.05) is 5.56 Å². The number of aromatic nitrogens is 2. The minimum atomic E-state index is -0.393. The van der Waals surface area contributed by atoms with Crippen LogP contribution in [0.5, 0.6) is 0 Å². The minimum Gasteiger partial charge on any atom is -0.466 e. The molecule has 0 saturated carbocycles. The first-order chi connectivity index (χ1) is 8.13. The number of rotatable bonds is 3. The minimum absolute atomic E-state index is 0.333. The zero-order valence-electron chi connectivity index (χ0n) is 9.81. The number of furan rings is 1. The molecular weight excluding hydrogens is 240 g/mol.